The molecule has 8 heteroatoms. The largest absolute Gasteiger partial charge is 0.372 e. The van der Waals surface area contributed by atoms with Crippen LogP contribution in [0.25, 0.3) is 0 Å². The van der Waals surface area contributed by atoms with Crippen LogP contribution in [-0.4, -0.2) is 22.9 Å². The van der Waals surface area contributed by atoms with E-state index in [0.29, 0.717) is 11.1 Å². The van der Waals surface area contributed by atoms with Crippen LogP contribution in [0.5, 0.6) is 0 Å². The van der Waals surface area contributed by atoms with Gasteiger partial charge in [0.15, 0.2) is 0 Å². The van der Waals surface area contributed by atoms with Gasteiger partial charge in [-0.05, 0) is 35.4 Å². The molecule has 0 saturated carbocycles. The molecule has 0 aromatic heterocycles. The van der Waals surface area contributed by atoms with Crippen LogP contribution in [0.4, 0.5) is 11.4 Å². The molecule has 2 N–H and O–H groups in total. The third-order valence-electron chi connectivity index (χ3n) is 4.61. The second-order valence-corrected chi connectivity index (χ2v) is 6.83. The van der Waals surface area contributed by atoms with E-state index in [9.17, 15) is 20.2 Å². The van der Waals surface area contributed by atoms with E-state index in [2.05, 4.69) is 10.6 Å². The second-order valence-electron chi connectivity index (χ2n) is 6.83. The van der Waals surface area contributed by atoms with E-state index in [1.807, 2.05) is 60.7 Å². The van der Waals surface area contributed by atoms with Gasteiger partial charge in [0.05, 0.1) is 0 Å². The molecular formula is C22H22N4O4. The molecule has 0 saturated heterocycles. The molecule has 3 aromatic rings. The lowest BCUT2D eigenvalue weighted by Crippen LogP contribution is -2.23. The van der Waals surface area contributed by atoms with Crippen molar-refractivity contribution in [1.82, 2.24) is 0 Å². The molecule has 0 heterocycles. The summed E-state index contributed by atoms with van der Waals surface area (Å²) in [6.07, 6.45) is 0. The molecule has 0 aliphatic carbocycles. The lowest BCUT2D eigenvalue weighted by molar-refractivity contribution is -0.482. The molecule has 2 atom stereocenters. The zero-order valence-corrected chi connectivity index (χ0v) is 16.2. The van der Waals surface area contributed by atoms with Gasteiger partial charge in [0.2, 0.25) is 13.1 Å². The van der Waals surface area contributed by atoms with Crippen LogP contribution in [0.3, 0.4) is 0 Å². The van der Waals surface area contributed by atoms with E-state index in [1.165, 1.54) is 0 Å². The minimum atomic E-state index is -0.574. The zero-order chi connectivity index (χ0) is 21.3. The lowest BCUT2D eigenvalue weighted by atomic mass is 9.99. The molecule has 0 unspecified atom stereocenters. The Labute approximate surface area is 173 Å². The summed E-state index contributed by atoms with van der Waals surface area (Å²) in [6, 6.07) is 24.5. The van der Waals surface area contributed by atoms with Crippen LogP contribution in [0.2, 0.25) is 0 Å². The van der Waals surface area contributed by atoms with E-state index in [1.54, 1.807) is 24.3 Å². The number of para-hydroxylation sites is 2. The molecule has 3 rings (SSSR count). The number of nitrogens with one attached hydrogen (secondary N) is 2. The molecule has 3 aromatic carbocycles. The van der Waals surface area contributed by atoms with Gasteiger partial charge in [0.25, 0.3) is 0 Å². The van der Waals surface area contributed by atoms with Gasteiger partial charge in [-0.15, -0.1) is 0 Å². The highest BCUT2D eigenvalue weighted by molar-refractivity contribution is 5.48. The quantitative estimate of drug-likeness (QED) is 0.378. The van der Waals surface area contributed by atoms with Crippen LogP contribution in [0.1, 0.15) is 23.2 Å². The Hall–Kier alpha value is -3.94. The Balaban J connectivity index is 1.89. The number of rotatable bonds is 10. The first-order valence-corrected chi connectivity index (χ1v) is 9.48. The predicted octanol–water partition coefficient (Wildman–Crippen LogP) is 4.55. The van der Waals surface area contributed by atoms with Crippen molar-refractivity contribution in [2.24, 2.45) is 0 Å². The van der Waals surface area contributed by atoms with Gasteiger partial charge in [-0.25, -0.2) is 0 Å². The third-order valence-corrected chi connectivity index (χ3v) is 4.61. The molecule has 0 bridgehead atoms. The van der Waals surface area contributed by atoms with Gasteiger partial charge < -0.3 is 10.6 Å². The molecule has 0 fully saturated rings. The van der Waals surface area contributed by atoms with Crippen LogP contribution >= 0.6 is 0 Å². The van der Waals surface area contributed by atoms with Crippen molar-refractivity contribution in [3.05, 3.63) is 116 Å². The first-order valence-electron chi connectivity index (χ1n) is 9.48. The van der Waals surface area contributed by atoms with E-state index in [0.717, 1.165) is 11.4 Å². The first-order chi connectivity index (χ1) is 14.5. The van der Waals surface area contributed by atoms with Crippen molar-refractivity contribution in [1.29, 1.82) is 0 Å². The number of nitro groups is 2. The Kier molecular flexibility index (Phi) is 6.94. The van der Waals surface area contributed by atoms with Crippen molar-refractivity contribution in [2.45, 2.75) is 12.1 Å². The van der Waals surface area contributed by atoms with Crippen LogP contribution in [-0.2, 0) is 0 Å². The maximum absolute atomic E-state index is 11.2. The second kappa shape index (κ2) is 10.0. The summed E-state index contributed by atoms with van der Waals surface area (Å²) in [6.45, 7) is -0.630. The average molecular weight is 406 g/mol. The predicted molar refractivity (Wildman–Crippen MR) is 116 cm³/mol. The Morgan fingerprint density at radius 2 is 1.03 bits per heavy atom. The average Bonchev–Trinajstić information content (AvgIpc) is 2.74. The SMILES string of the molecule is O=[N+]([O-])C[C@@H](Nc1ccccc1)c1cccc([C@@H](C[N+](=O)[O-])Nc2ccccc2)c1. The van der Waals surface area contributed by atoms with Crippen LogP contribution in [0, 0.1) is 20.2 Å². The zero-order valence-electron chi connectivity index (χ0n) is 16.2. The third kappa shape index (κ3) is 6.03. The fourth-order valence-electron chi connectivity index (χ4n) is 3.23. The smallest absolute Gasteiger partial charge is 0.227 e. The molecule has 30 heavy (non-hydrogen) atoms. The highest BCUT2D eigenvalue weighted by Crippen LogP contribution is 2.25. The summed E-state index contributed by atoms with van der Waals surface area (Å²) in [5, 5.41) is 28.9. The standard InChI is InChI=1S/C22H22N4O4/c27-25(28)15-21(23-19-10-3-1-4-11-19)17-8-7-9-18(14-17)22(16-26(29)30)24-20-12-5-2-6-13-20/h1-14,21-24H,15-16H2/t21-,22-/m1/s1. The lowest BCUT2D eigenvalue weighted by Gasteiger charge is -2.20. The maximum Gasteiger partial charge on any atom is 0.227 e. The number of anilines is 2. The van der Waals surface area contributed by atoms with Crippen molar-refractivity contribution in [3.8, 4) is 0 Å². The Morgan fingerprint density at radius 1 is 0.633 bits per heavy atom. The summed E-state index contributed by atoms with van der Waals surface area (Å²) in [5.74, 6) is 0. The van der Waals surface area contributed by atoms with E-state index >= 15 is 0 Å². The van der Waals surface area contributed by atoms with Crippen molar-refractivity contribution in [2.75, 3.05) is 23.7 Å². The minimum absolute atomic E-state index is 0.315. The van der Waals surface area contributed by atoms with E-state index in [4.69, 9.17) is 0 Å². The van der Waals surface area contributed by atoms with E-state index in [-0.39, 0.29) is 22.9 Å². The minimum Gasteiger partial charge on any atom is -0.372 e. The molecule has 154 valence electrons. The van der Waals surface area contributed by atoms with Gasteiger partial charge in [-0.3, -0.25) is 20.2 Å². The summed E-state index contributed by atoms with van der Waals surface area (Å²) >= 11 is 0. The molecule has 0 aliphatic heterocycles. The number of benzene rings is 3. The Bertz CT molecular complexity index is 906. The molecule has 8 nitrogen and oxygen atoms in total. The number of hydrogen-bond acceptors (Lipinski definition) is 6. The van der Waals surface area contributed by atoms with Gasteiger partial charge in [-0.2, -0.15) is 0 Å². The fraction of sp³-hybridized carbons (Fsp3) is 0.182. The highest BCUT2D eigenvalue weighted by Gasteiger charge is 2.22. The summed E-state index contributed by atoms with van der Waals surface area (Å²) in [7, 11) is 0. The van der Waals surface area contributed by atoms with Gasteiger partial charge in [0, 0.05) is 21.2 Å². The van der Waals surface area contributed by atoms with Crippen molar-refractivity contribution in [3.63, 3.8) is 0 Å². The molecule has 0 radical (unpaired) electrons. The monoisotopic (exact) mass is 406 g/mol. The molecule has 0 amide bonds. The van der Waals surface area contributed by atoms with E-state index < -0.39 is 12.1 Å². The van der Waals surface area contributed by atoms with Crippen LogP contribution in [0.15, 0.2) is 84.9 Å². The van der Waals surface area contributed by atoms with Gasteiger partial charge in [0.1, 0.15) is 12.1 Å². The van der Waals surface area contributed by atoms with Crippen molar-refractivity contribution < 1.29 is 9.85 Å². The van der Waals surface area contributed by atoms with Crippen molar-refractivity contribution >= 4 is 11.4 Å². The highest BCUT2D eigenvalue weighted by atomic mass is 16.6. The molecular weight excluding hydrogens is 384 g/mol. The maximum atomic E-state index is 11.2. The topological polar surface area (TPSA) is 110 Å². The first kappa shape index (κ1) is 20.8. The number of hydrogen-bond donors (Lipinski definition) is 2. The summed E-state index contributed by atoms with van der Waals surface area (Å²) < 4.78 is 0. The fourth-order valence-corrected chi connectivity index (χ4v) is 3.23. The summed E-state index contributed by atoms with van der Waals surface area (Å²) in [4.78, 5) is 21.7. The Morgan fingerprint density at radius 3 is 1.40 bits per heavy atom. The van der Waals surface area contributed by atoms with Gasteiger partial charge in [-0.1, -0.05) is 60.7 Å². The molecule has 0 aliphatic rings. The normalized spacial score (nSPS) is 12.5. The summed E-state index contributed by atoms with van der Waals surface area (Å²) in [5.41, 5.74) is 2.91. The number of nitrogens with zero attached hydrogens (tertiary/aromatic N) is 2. The van der Waals surface area contributed by atoms with Crippen LogP contribution < -0.4 is 10.6 Å². The van der Waals surface area contributed by atoms with Gasteiger partial charge >= 0.3 is 0 Å². The molecule has 0 spiro atoms.